The minimum atomic E-state index is 0.163. The Balaban J connectivity index is 0.969. The first-order chi connectivity index (χ1) is 35.9. The summed E-state index contributed by atoms with van der Waals surface area (Å²) in [6.45, 7) is 14.6. The van der Waals surface area contributed by atoms with E-state index in [0.29, 0.717) is 0 Å². The Hall–Kier alpha value is -8.66. The summed E-state index contributed by atoms with van der Waals surface area (Å²) in [6.07, 6.45) is 31.5. The van der Waals surface area contributed by atoms with Crippen molar-refractivity contribution in [3.8, 4) is 22.3 Å². The molecule has 0 aliphatic heterocycles. The molecule has 73 heavy (non-hydrogen) atoms. The lowest BCUT2D eigenvalue weighted by molar-refractivity contribution is 0.557. The van der Waals surface area contributed by atoms with E-state index in [1.165, 1.54) is 33.5 Å². The minimum absolute atomic E-state index is 0.163. The predicted octanol–water partition coefficient (Wildman–Crippen LogP) is 20.3. The van der Waals surface area contributed by atoms with E-state index in [0.717, 1.165) is 85.8 Å². The molecule has 1 aliphatic rings. The molecule has 3 nitrogen and oxygen atoms in total. The summed E-state index contributed by atoms with van der Waals surface area (Å²) in [6, 6.07) is 61.6. The molecular weight excluding hydrogens is 885 g/mol. The molecule has 0 radical (unpaired) electrons. The second-order valence-electron chi connectivity index (χ2n) is 18.2. The van der Waals surface area contributed by atoms with Gasteiger partial charge < -0.3 is 14.2 Å². The van der Waals surface area contributed by atoms with E-state index in [1.807, 2.05) is 13.0 Å². The van der Waals surface area contributed by atoms with Crippen LogP contribution in [-0.2, 0) is 6.42 Å². The van der Waals surface area contributed by atoms with E-state index in [9.17, 15) is 0 Å². The van der Waals surface area contributed by atoms with Gasteiger partial charge in [-0.15, -0.1) is 0 Å². The molecule has 7 aromatic carbocycles. The normalized spacial score (nSPS) is 13.5. The van der Waals surface area contributed by atoms with Gasteiger partial charge in [0, 0.05) is 63.5 Å². The van der Waals surface area contributed by atoms with Crippen molar-refractivity contribution in [2.75, 3.05) is 9.80 Å². The van der Waals surface area contributed by atoms with Crippen molar-refractivity contribution in [2.24, 2.45) is 0 Å². The van der Waals surface area contributed by atoms with Crippen molar-refractivity contribution in [3.05, 3.63) is 289 Å². The van der Waals surface area contributed by atoms with E-state index in [1.54, 1.807) is 0 Å². The van der Waals surface area contributed by atoms with Crippen LogP contribution in [0.4, 0.5) is 28.4 Å². The Morgan fingerprint density at radius 2 is 1.22 bits per heavy atom. The molecule has 0 spiro atoms. The van der Waals surface area contributed by atoms with Crippen LogP contribution in [0.3, 0.4) is 0 Å². The van der Waals surface area contributed by atoms with E-state index >= 15 is 0 Å². The Kier molecular flexibility index (Phi) is 15.9. The Morgan fingerprint density at radius 1 is 0.589 bits per heavy atom. The molecule has 1 heterocycles. The van der Waals surface area contributed by atoms with E-state index in [-0.39, 0.29) is 5.92 Å². The zero-order valence-electron chi connectivity index (χ0n) is 42.8. The van der Waals surface area contributed by atoms with Gasteiger partial charge in [-0.05, 0) is 144 Å². The molecule has 360 valence electrons. The van der Waals surface area contributed by atoms with Crippen LogP contribution in [0.2, 0.25) is 0 Å². The molecule has 1 aromatic heterocycles. The number of allylic oxidation sites excluding steroid dienone is 15. The van der Waals surface area contributed by atoms with Crippen LogP contribution in [0.15, 0.2) is 266 Å². The van der Waals surface area contributed by atoms with Crippen LogP contribution in [0.1, 0.15) is 75.0 Å². The number of furan rings is 1. The largest absolute Gasteiger partial charge is 0.460 e. The van der Waals surface area contributed by atoms with Gasteiger partial charge in [-0.25, -0.2) is 0 Å². The van der Waals surface area contributed by atoms with E-state index in [4.69, 9.17) is 4.42 Å². The number of nitrogens with zero attached hydrogens (tertiary/aromatic N) is 2. The standard InChI is InChI=1S/C70H64N2O/c1-7-21-53(22-8-2)58-25-19-26-59(50-58)55-37-45-64(46-38-55)71(60-27-15-12-13-16-28-60)62-41-33-52(34-42-62)51(6)49-57(23-9-3)54-35-43-63(44-36-54)72(61-29-17-14-18-30-61)65-47-39-56(40-48-65)66-31-20-32-68-67(24-10-4)69(11-5)73-70(66)68/h7-10,12-27,29-51H,1,11,28H2,2-6H3/b22-8-,23-9-,24-10-,53-21+,57-49+. The topological polar surface area (TPSA) is 19.6 Å². The summed E-state index contributed by atoms with van der Waals surface area (Å²) in [5.74, 6) is 1.18. The van der Waals surface area contributed by atoms with Gasteiger partial charge in [0.15, 0.2) is 0 Å². The number of aryl methyl sites for hydroxylation is 1. The quantitative estimate of drug-likeness (QED) is 0.0848. The number of hydrogen-bond acceptors (Lipinski definition) is 3. The molecule has 1 atom stereocenters. The smallest absolute Gasteiger partial charge is 0.142 e. The summed E-state index contributed by atoms with van der Waals surface area (Å²) in [4.78, 5) is 4.70. The second kappa shape index (κ2) is 23.5. The van der Waals surface area contributed by atoms with Crippen molar-refractivity contribution in [1.82, 2.24) is 0 Å². The van der Waals surface area contributed by atoms with Crippen LogP contribution >= 0.6 is 0 Å². The van der Waals surface area contributed by atoms with Crippen LogP contribution in [0.25, 0.3) is 50.4 Å². The summed E-state index contributed by atoms with van der Waals surface area (Å²) < 4.78 is 6.50. The fourth-order valence-corrected chi connectivity index (χ4v) is 9.81. The Morgan fingerprint density at radius 3 is 1.89 bits per heavy atom. The monoisotopic (exact) mass is 949 g/mol. The van der Waals surface area contributed by atoms with Gasteiger partial charge in [-0.2, -0.15) is 0 Å². The fourth-order valence-electron chi connectivity index (χ4n) is 9.81. The first-order valence-corrected chi connectivity index (χ1v) is 25.6. The van der Waals surface area contributed by atoms with Crippen molar-refractivity contribution in [1.29, 1.82) is 0 Å². The number of rotatable bonds is 17. The van der Waals surface area contributed by atoms with Crippen molar-refractivity contribution >= 4 is 56.6 Å². The molecule has 0 saturated carbocycles. The molecule has 9 rings (SSSR count). The third-order valence-electron chi connectivity index (χ3n) is 13.4. The highest BCUT2D eigenvalue weighted by atomic mass is 16.3. The maximum Gasteiger partial charge on any atom is 0.142 e. The van der Waals surface area contributed by atoms with Gasteiger partial charge in [-0.1, -0.05) is 203 Å². The molecule has 0 N–H and O–H groups in total. The van der Waals surface area contributed by atoms with Gasteiger partial charge in [0.05, 0.1) is 0 Å². The number of para-hydroxylation sites is 2. The average Bonchev–Trinajstić information content (AvgIpc) is 3.58. The third-order valence-corrected chi connectivity index (χ3v) is 13.4. The van der Waals surface area contributed by atoms with Crippen LogP contribution in [0.5, 0.6) is 0 Å². The number of benzene rings is 7. The van der Waals surface area contributed by atoms with E-state index in [2.05, 4.69) is 293 Å². The van der Waals surface area contributed by atoms with Gasteiger partial charge in [0.1, 0.15) is 11.3 Å². The van der Waals surface area contributed by atoms with Gasteiger partial charge in [-0.3, -0.25) is 0 Å². The Labute approximate surface area is 433 Å². The first-order valence-electron chi connectivity index (χ1n) is 25.6. The first kappa shape index (κ1) is 49.3. The zero-order valence-corrected chi connectivity index (χ0v) is 42.8. The summed E-state index contributed by atoms with van der Waals surface area (Å²) in [7, 11) is 0. The molecule has 0 saturated heterocycles. The summed E-state index contributed by atoms with van der Waals surface area (Å²) in [5.41, 5.74) is 19.3. The maximum atomic E-state index is 6.50. The van der Waals surface area contributed by atoms with Crippen LogP contribution in [0, 0.1) is 0 Å². The minimum Gasteiger partial charge on any atom is -0.460 e. The van der Waals surface area contributed by atoms with Gasteiger partial charge in [0.2, 0.25) is 0 Å². The molecule has 3 heteroatoms. The number of hydrogen-bond donors (Lipinski definition) is 0. The molecular formula is C70H64N2O. The molecule has 0 bridgehead atoms. The summed E-state index contributed by atoms with van der Waals surface area (Å²) >= 11 is 0. The molecule has 1 unspecified atom stereocenters. The van der Waals surface area contributed by atoms with Gasteiger partial charge in [0.25, 0.3) is 0 Å². The van der Waals surface area contributed by atoms with Crippen molar-refractivity contribution in [3.63, 3.8) is 0 Å². The molecule has 1 aliphatic carbocycles. The SMILES string of the molecule is C=C/C=C(\C=C/C)c1cccc(-c2ccc(N(C3=CC=CC=CC3)c3ccc(C(C)/C=C(\C=C/C)c4ccc(N(c5ccccc5)c5ccc(-c6cccc7c(/C=C\C)c(CC)oc67)cc5)cc4)cc3)cc2)c1. The predicted molar refractivity (Wildman–Crippen MR) is 316 cm³/mol. The van der Waals surface area contributed by atoms with Crippen LogP contribution in [-0.4, -0.2) is 0 Å². The highest BCUT2D eigenvalue weighted by molar-refractivity contribution is 5.98. The Bertz CT molecular complexity index is 3420. The molecule has 0 fully saturated rings. The van der Waals surface area contributed by atoms with Crippen molar-refractivity contribution < 1.29 is 4.42 Å². The lowest BCUT2D eigenvalue weighted by Crippen LogP contribution is -2.16. The molecule has 8 aromatic rings. The molecule has 0 amide bonds. The second-order valence-corrected chi connectivity index (χ2v) is 18.2. The maximum absolute atomic E-state index is 6.50. The zero-order chi connectivity index (χ0) is 50.5. The lowest BCUT2D eigenvalue weighted by Gasteiger charge is -2.28. The van der Waals surface area contributed by atoms with Gasteiger partial charge >= 0.3 is 0 Å². The lowest BCUT2D eigenvalue weighted by atomic mass is 9.94. The van der Waals surface area contributed by atoms with E-state index < -0.39 is 0 Å². The highest BCUT2D eigenvalue weighted by Crippen LogP contribution is 2.40. The van der Waals surface area contributed by atoms with Crippen LogP contribution < -0.4 is 9.80 Å². The number of anilines is 5. The van der Waals surface area contributed by atoms with Crippen molar-refractivity contribution in [2.45, 2.75) is 53.4 Å². The summed E-state index contributed by atoms with van der Waals surface area (Å²) in [5, 5.41) is 1.15. The highest BCUT2D eigenvalue weighted by Gasteiger charge is 2.19. The number of fused-ring (bicyclic) bond motifs is 1. The fraction of sp³-hybridized carbons (Fsp3) is 0.114. The average molecular weight is 949 g/mol. The third kappa shape index (κ3) is 11.1.